The van der Waals surface area contributed by atoms with Gasteiger partial charge in [0.05, 0.1) is 11.3 Å². The summed E-state index contributed by atoms with van der Waals surface area (Å²) in [5.41, 5.74) is 1.16. The van der Waals surface area contributed by atoms with Crippen LogP contribution in [-0.2, 0) is 6.18 Å². The predicted octanol–water partition coefficient (Wildman–Crippen LogP) is 4.39. The van der Waals surface area contributed by atoms with Crippen LogP contribution >= 0.6 is 11.5 Å². The van der Waals surface area contributed by atoms with E-state index in [1.54, 1.807) is 13.8 Å². The van der Waals surface area contributed by atoms with Crippen molar-refractivity contribution in [1.82, 2.24) is 4.37 Å². The van der Waals surface area contributed by atoms with Gasteiger partial charge in [-0.1, -0.05) is 6.07 Å². The Kier molecular flexibility index (Phi) is 3.68. The van der Waals surface area contributed by atoms with Gasteiger partial charge in [0.2, 0.25) is 0 Å². The highest BCUT2D eigenvalue weighted by Crippen LogP contribution is 2.34. The zero-order valence-corrected chi connectivity index (χ0v) is 11.5. The van der Waals surface area contributed by atoms with Crippen LogP contribution in [0.4, 0.5) is 23.9 Å². The molecule has 0 unspecified atom stereocenters. The van der Waals surface area contributed by atoms with E-state index in [0.29, 0.717) is 27.5 Å². The first kappa shape index (κ1) is 14.3. The maximum Gasteiger partial charge on any atom is 0.416 e. The molecule has 0 spiro atoms. The lowest BCUT2D eigenvalue weighted by Crippen LogP contribution is -2.06. The number of benzene rings is 1. The maximum absolute atomic E-state index is 12.7. The van der Waals surface area contributed by atoms with E-state index in [1.807, 2.05) is 6.07 Å². The minimum atomic E-state index is -4.40. The van der Waals surface area contributed by atoms with E-state index in [4.69, 9.17) is 5.26 Å². The van der Waals surface area contributed by atoms with Crippen LogP contribution in [0.25, 0.3) is 0 Å². The number of rotatable bonds is 2. The fraction of sp³-hybridized carbons (Fsp3) is 0.231. The molecule has 0 atom stereocenters. The zero-order chi connectivity index (χ0) is 14.9. The Morgan fingerprint density at radius 3 is 2.60 bits per heavy atom. The Morgan fingerprint density at radius 2 is 2.00 bits per heavy atom. The molecule has 0 saturated heterocycles. The molecule has 0 radical (unpaired) electrons. The smallest absolute Gasteiger partial charge is 0.345 e. The van der Waals surface area contributed by atoms with Crippen molar-refractivity contribution < 1.29 is 13.2 Å². The number of halogens is 3. The molecule has 1 N–H and O–H groups in total. The van der Waals surface area contributed by atoms with Crippen molar-refractivity contribution in [1.29, 1.82) is 5.26 Å². The summed E-state index contributed by atoms with van der Waals surface area (Å²) in [5.74, 6) is 0. The molecule has 0 aliphatic heterocycles. The molecule has 3 nitrogen and oxygen atoms in total. The Morgan fingerprint density at radius 1 is 1.30 bits per heavy atom. The van der Waals surface area contributed by atoms with Crippen molar-refractivity contribution in [2.45, 2.75) is 20.0 Å². The monoisotopic (exact) mass is 297 g/mol. The Bertz CT molecular complexity index is 683. The first-order valence-electron chi connectivity index (χ1n) is 5.64. The number of aromatic nitrogens is 1. The molecule has 0 amide bonds. The average molecular weight is 297 g/mol. The van der Waals surface area contributed by atoms with Crippen molar-refractivity contribution in [3.8, 4) is 6.07 Å². The molecule has 1 heterocycles. The van der Waals surface area contributed by atoms with Crippen LogP contribution in [-0.4, -0.2) is 4.37 Å². The molecular weight excluding hydrogens is 287 g/mol. The zero-order valence-electron chi connectivity index (χ0n) is 10.7. The van der Waals surface area contributed by atoms with E-state index in [9.17, 15) is 13.2 Å². The molecule has 20 heavy (non-hydrogen) atoms. The van der Waals surface area contributed by atoms with Gasteiger partial charge in [0.1, 0.15) is 16.6 Å². The Hall–Kier alpha value is -2.07. The minimum absolute atomic E-state index is 0.319. The lowest BCUT2D eigenvalue weighted by Gasteiger charge is -2.12. The van der Waals surface area contributed by atoms with Crippen LogP contribution in [0.2, 0.25) is 0 Å². The van der Waals surface area contributed by atoms with Crippen molar-refractivity contribution in [3.05, 3.63) is 40.6 Å². The van der Waals surface area contributed by atoms with E-state index in [0.717, 1.165) is 23.7 Å². The van der Waals surface area contributed by atoms with Crippen LogP contribution < -0.4 is 5.32 Å². The number of nitrogens with one attached hydrogen (secondary N) is 1. The second-order valence-corrected chi connectivity index (χ2v) is 5.01. The van der Waals surface area contributed by atoms with Crippen molar-refractivity contribution in [2.24, 2.45) is 0 Å². The fourth-order valence-electron chi connectivity index (χ4n) is 1.64. The summed E-state index contributed by atoms with van der Waals surface area (Å²) >= 11 is 1.05. The molecule has 0 bridgehead atoms. The summed E-state index contributed by atoms with van der Waals surface area (Å²) in [6, 6.07) is 5.45. The number of aryl methyl sites for hydroxylation is 2. The minimum Gasteiger partial charge on any atom is -0.345 e. The van der Waals surface area contributed by atoms with Gasteiger partial charge < -0.3 is 5.32 Å². The molecule has 1 aromatic carbocycles. The number of nitriles is 1. The second-order valence-electron chi connectivity index (χ2n) is 4.24. The van der Waals surface area contributed by atoms with Crippen LogP contribution in [0.5, 0.6) is 0 Å². The number of hydrogen-bond acceptors (Lipinski definition) is 4. The highest BCUT2D eigenvalue weighted by atomic mass is 32.1. The molecule has 0 aliphatic rings. The molecule has 0 fully saturated rings. The highest BCUT2D eigenvalue weighted by Gasteiger charge is 2.30. The second kappa shape index (κ2) is 5.13. The first-order valence-corrected chi connectivity index (χ1v) is 6.41. The predicted molar refractivity (Wildman–Crippen MR) is 71.0 cm³/mol. The molecule has 7 heteroatoms. The topological polar surface area (TPSA) is 48.7 Å². The van der Waals surface area contributed by atoms with Crippen LogP contribution in [0.15, 0.2) is 18.2 Å². The molecule has 0 saturated carbocycles. The number of nitrogens with zero attached hydrogens (tertiary/aromatic N) is 2. The van der Waals surface area contributed by atoms with Gasteiger partial charge >= 0.3 is 6.18 Å². The summed E-state index contributed by atoms with van der Waals surface area (Å²) in [4.78, 5) is 0. The van der Waals surface area contributed by atoms with Gasteiger partial charge in [0, 0.05) is 5.69 Å². The molecule has 1 aromatic heterocycles. The lowest BCUT2D eigenvalue weighted by atomic mass is 10.1. The quantitative estimate of drug-likeness (QED) is 0.894. The third-order valence-corrected chi connectivity index (χ3v) is 3.64. The van der Waals surface area contributed by atoms with Crippen LogP contribution in [0, 0.1) is 25.2 Å². The van der Waals surface area contributed by atoms with Crippen molar-refractivity contribution in [2.75, 3.05) is 5.32 Å². The maximum atomic E-state index is 12.7. The van der Waals surface area contributed by atoms with E-state index >= 15 is 0 Å². The third kappa shape index (κ3) is 2.75. The SMILES string of the molecule is Cc1ccc(C(F)(F)F)cc1Nc1snc(C)c1C#N. The van der Waals surface area contributed by atoms with Crippen LogP contribution in [0.3, 0.4) is 0 Å². The van der Waals surface area contributed by atoms with E-state index in [-0.39, 0.29) is 0 Å². The normalized spacial score (nSPS) is 11.2. The lowest BCUT2D eigenvalue weighted by molar-refractivity contribution is -0.137. The Labute approximate surface area is 117 Å². The van der Waals surface area contributed by atoms with Crippen LogP contribution in [0.1, 0.15) is 22.4 Å². The van der Waals surface area contributed by atoms with Crippen molar-refractivity contribution >= 4 is 22.2 Å². The first-order chi connectivity index (χ1) is 9.32. The Balaban J connectivity index is 2.41. The van der Waals surface area contributed by atoms with E-state index < -0.39 is 11.7 Å². The number of hydrogen-bond donors (Lipinski definition) is 1. The van der Waals surface area contributed by atoms with Gasteiger partial charge in [-0.05, 0) is 43.1 Å². The van der Waals surface area contributed by atoms with Gasteiger partial charge in [-0.25, -0.2) is 0 Å². The van der Waals surface area contributed by atoms with Gasteiger partial charge in [-0.3, -0.25) is 0 Å². The summed E-state index contributed by atoms with van der Waals surface area (Å²) in [6.07, 6.45) is -4.40. The summed E-state index contributed by atoms with van der Waals surface area (Å²) in [5, 5.41) is 12.3. The number of anilines is 2. The molecule has 104 valence electrons. The number of alkyl halides is 3. The largest absolute Gasteiger partial charge is 0.416 e. The average Bonchev–Trinajstić information content (AvgIpc) is 2.71. The summed E-state index contributed by atoms with van der Waals surface area (Å²) in [7, 11) is 0. The van der Waals surface area contributed by atoms with E-state index in [1.165, 1.54) is 6.07 Å². The molecule has 2 aromatic rings. The fourth-order valence-corrected chi connectivity index (χ4v) is 2.40. The highest BCUT2D eigenvalue weighted by molar-refractivity contribution is 7.10. The third-order valence-electron chi connectivity index (χ3n) is 2.79. The van der Waals surface area contributed by atoms with Gasteiger partial charge in [0.25, 0.3) is 0 Å². The van der Waals surface area contributed by atoms with Gasteiger partial charge in [-0.15, -0.1) is 0 Å². The van der Waals surface area contributed by atoms with Gasteiger partial charge in [-0.2, -0.15) is 22.8 Å². The van der Waals surface area contributed by atoms with E-state index in [2.05, 4.69) is 9.69 Å². The molecule has 2 rings (SSSR count). The van der Waals surface area contributed by atoms with Gasteiger partial charge in [0.15, 0.2) is 0 Å². The van der Waals surface area contributed by atoms with Crippen molar-refractivity contribution in [3.63, 3.8) is 0 Å². The summed E-state index contributed by atoms with van der Waals surface area (Å²) < 4.78 is 42.1. The molecule has 0 aliphatic carbocycles. The summed E-state index contributed by atoms with van der Waals surface area (Å²) in [6.45, 7) is 3.38. The molecular formula is C13H10F3N3S. The standard InChI is InChI=1S/C13H10F3N3S/c1-7-3-4-9(13(14,15)16)5-11(7)18-12-10(6-17)8(2)19-20-12/h3-5,18H,1-2H3.